The van der Waals surface area contributed by atoms with Crippen molar-refractivity contribution in [3.05, 3.63) is 83.4 Å². The van der Waals surface area contributed by atoms with Crippen molar-refractivity contribution in [2.45, 2.75) is 70.7 Å². The van der Waals surface area contributed by atoms with E-state index in [1.165, 1.54) is 0 Å². The number of aromatic nitrogens is 3. The molecule has 2 aromatic carbocycles. The van der Waals surface area contributed by atoms with E-state index in [4.69, 9.17) is 15.6 Å². The van der Waals surface area contributed by atoms with Gasteiger partial charge in [0.2, 0.25) is 11.8 Å². The van der Waals surface area contributed by atoms with Crippen LogP contribution in [0.25, 0.3) is 0 Å². The van der Waals surface area contributed by atoms with E-state index >= 15 is 0 Å². The quantitative estimate of drug-likeness (QED) is 0.221. The maximum Gasteiger partial charge on any atom is 0.240 e. The van der Waals surface area contributed by atoms with Gasteiger partial charge in [-0.25, -0.2) is 0 Å². The van der Waals surface area contributed by atoms with Crippen LogP contribution in [0, 0.1) is 5.41 Å². The molecule has 1 aliphatic heterocycles. The molecule has 1 unspecified atom stereocenters. The van der Waals surface area contributed by atoms with Crippen LogP contribution in [0.1, 0.15) is 61.9 Å². The minimum absolute atomic E-state index is 0.0176. The number of ether oxygens (including phenoxy) is 1. The van der Waals surface area contributed by atoms with Crippen LogP contribution in [0.2, 0.25) is 0 Å². The van der Waals surface area contributed by atoms with E-state index in [0.29, 0.717) is 63.4 Å². The number of unbranched alkanes of at least 4 members (excludes halogenated alkanes) is 1. The summed E-state index contributed by atoms with van der Waals surface area (Å²) in [4.78, 5) is 26.5. The molecule has 0 saturated heterocycles. The first kappa shape index (κ1) is 30.4. The number of amides is 2. The van der Waals surface area contributed by atoms with Crippen LogP contribution in [0.4, 0.5) is 0 Å². The normalized spacial score (nSPS) is 17.5. The highest BCUT2D eigenvalue weighted by Crippen LogP contribution is 2.37. The highest BCUT2D eigenvalue weighted by atomic mass is 16.5. The minimum Gasteiger partial charge on any atom is -0.396 e. The molecule has 0 fully saturated rings. The lowest BCUT2D eigenvalue weighted by Gasteiger charge is -2.37. The predicted octanol–water partition coefficient (Wildman–Crippen LogP) is 2.45. The van der Waals surface area contributed by atoms with Gasteiger partial charge < -0.3 is 30.8 Å². The third kappa shape index (κ3) is 8.00. The predicted molar refractivity (Wildman–Crippen MR) is 155 cm³/mol. The van der Waals surface area contributed by atoms with Crippen molar-refractivity contribution in [2.75, 3.05) is 19.8 Å². The highest BCUT2D eigenvalue weighted by Gasteiger charge is 2.43. The summed E-state index contributed by atoms with van der Waals surface area (Å²) >= 11 is 0. The first-order valence-electron chi connectivity index (χ1n) is 14.3. The first-order chi connectivity index (χ1) is 19.7. The van der Waals surface area contributed by atoms with Gasteiger partial charge in [-0.3, -0.25) is 9.59 Å². The molecule has 2 amide bonds. The van der Waals surface area contributed by atoms with Crippen LogP contribution >= 0.6 is 0 Å². The number of aliphatic hydroxyl groups excluding tert-OH is 1. The number of hydrogen-bond acceptors (Lipinski definition) is 7. The number of carbonyl (C=O) groups is 2. The Morgan fingerprint density at radius 2 is 1.76 bits per heavy atom. The molecule has 1 aromatic heterocycles. The summed E-state index contributed by atoms with van der Waals surface area (Å²) in [5.74, 6) is 0.944. The number of nitrogens with zero attached hydrogens (tertiary/aromatic N) is 3. The summed E-state index contributed by atoms with van der Waals surface area (Å²) in [6.07, 6.45) is 2.92. The Kier molecular flexibility index (Phi) is 10.3. The van der Waals surface area contributed by atoms with E-state index in [1.807, 2.05) is 65.2 Å². The Hall–Kier alpha value is -3.60. The number of carbonyl (C=O) groups excluding carboxylic acids is 2. The third-order valence-corrected chi connectivity index (χ3v) is 7.50. The van der Waals surface area contributed by atoms with Crippen LogP contribution < -0.4 is 16.4 Å². The Labute approximate surface area is 241 Å². The molecule has 2 heterocycles. The Balaban J connectivity index is 1.56. The molecule has 0 saturated carbocycles. The van der Waals surface area contributed by atoms with Gasteiger partial charge in [-0.2, -0.15) is 0 Å². The first-order valence-corrected chi connectivity index (χ1v) is 14.3. The van der Waals surface area contributed by atoms with E-state index in [0.717, 1.165) is 11.1 Å². The summed E-state index contributed by atoms with van der Waals surface area (Å²) in [5.41, 5.74) is 6.41. The van der Waals surface area contributed by atoms with Crippen LogP contribution in [0.3, 0.4) is 0 Å². The summed E-state index contributed by atoms with van der Waals surface area (Å²) < 4.78 is 8.02. The van der Waals surface area contributed by atoms with Gasteiger partial charge in [0.05, 0.1) is 24.2 Å². The third-order valence-electron chi connectivity index (χ3n) is 7.50. The van der Waals surface area contributed by atoms with Gasteiger partial charge in [-0.05, 0) is 50.7 Å². The molecule has 10 heteroatoms. The van der Waals surface area contributed by atoms with Crippen LogP contribution in [-0.4, -0.2) is 57.0 Å². The van der Waals surface area contributed by atoms with Gasteiger partial charge in [0, 0.05) is 26.1 Å². The lowest BCUT2D eigenvalue weighted by atomic mass is 9.73. The fourth-order valence-electron chi connectivity index (χ4n) is 5.13. The number of nitrogens with one attached hydrogen (secondary N) is 2. The Bertz CT molecular complexity index is 1270. The second-order valence-corrected chi connectivity index (χ2v) is 11.4. The van der Waals surface area contributed by atoms with Crippen molar-refractivity contribution >= 4 is 11.8 Å². The van der Waals surface area contributed by atoms with Gasteiger partial charge in [-0.1, -0.05) is 60.7 Å². The number of benzene rings is 2. The number of fused-ring (bicyclic) bond motifs is 1. The smallest absolute Gasteiger partial charge is 0.240 e. The van der Waals surface area contributed by atoms with Gasteiger partial charge >= 0.3 is 0 Å². The van der Waals surface area contributed by atoms with Crippen molar-refractivity contribution in [1.82, 2.24) is 25.4 Å². The average molecular weight is 563 g/mol. The number of nitrogens with two attached hydrogens (primary N) is 1. The zero-order valence-electron chi connectivity index (χ0n) is 24.0. The topological polar surface area (TPSA) is 144 Å². The second-order valence-electron chi connectivity index (χ2n) is 11.4. The zero-order chi connectivity index (χ0) is 29.3. The summed E-state index contributed by atoms with van der Waals surface area (Å²) in [6.45, 7) is 5.01. The molecule has 0 aliphatic carbocycles. The van der Waals surface area contributed by atoms with Crippen LogP contribution in [0.5, 0.6) is 0 Å². The monoisotopic (exact) mass is 562 g/mol. The van der Waals surface area contributed by atoms with Crippen molar-refractivity contribution in [3.8, 4) is 0 Å². The molecule has 5 N–H and O–H groups in total. The number of rotatable bonds is 14. The fraction of sp³-hybridized carbons (Fsp3) is 0.484. The molecular formula is C31H42N6O4. The van der Waals surface area contributed by atoms with Crippen LogP contribution in [0.15, 0.2) is 60.7 Å². The maximum absolute atomic E-state index is 13.6. The van der Waals surface area contributed by atoms with E-state index in [9.17, 15) is 9.59 Å². The van der Waals surface area contributed by atoms with Crippen LogP contribution in [-0.2, 0) is 40.3 Å². The summed E-state index contributed by atoms with van der Waals surface area (Å²) in [6, 6.07) is 19.3. The molecular weight excluding hydrogens is 520 g/mol. The minimum atomic E-state index is -1.08. The molecule has 10 nitrogen and oxygen atoms in total. The molecule has 0 bridgehead atoms. The Morgan fingerprint density at radius 3 is 2.41 bits per heavy atom. The van der Waals surface area contributed by atoms with E-state index < -0.39 is 17.0 Å². The lowest BCUT2D eigenvalue weighted by Crippen LogP contribution is -2.51. The number of hydrogen-bond donors (Lipinski definition) is 4. The molecule has 0 radical (unpaired) electrons. The number of aliphatic hydroxyl groups is 1. The second kappa shape index (κ2) is 13.8. The molecule has 4 rings (SSSR count). The maximum atomic E-state index is 13.6. The highest BCUT2D eigenvalue weighted by molar-refractivity contribution is 5.85. The van der Waals surface area contributed by atoms with Crippen molar-refractivity contribution in [2.24, 2.45) is 11.1 Å². The van der Waals surface area contributed by atoms with Gasteiger partial charge in [0.1, 0.15) is 11.9 Å². The van der Waals surface area contributed by atoms with Crippen molar-refractivity contribution in [1.29, 1.82) is 0 Å². The largest absolute Gasteiger partial charge is 0.396 e. The van der Waals surface area contributed by atoms with Gasteiger partial charge in [0.15, 0.2) is 5.82 Å². The molecule has 0 spiro atoms. The molecule has 41 heavy (non-hydrogen) atoms. The SMILES string of the molecule is CC(C)(N)C(=O)N[C@H](COCc1ccccc1)c1nnc2n1CCC(Cc1ccccc1)(C(=O)NCCCCO)C2. The lowest BCUT2D eigenvalue weighted by molar-refractivity contribution is -0.132. The molecule has 1 aliphatic rings. The molecule has 3 aromatic rings. The standard InChI is InChI=1S/C31H42N6O4/c1-30(2,32)28(39)34-25(22-41-21-24-13-7-4-8-14-24)27-36-35-26-20-31(15-17-37(26)27,19-23-11-5-3-6-12-23)29(40)33-16-9-10-18-38/h3-8,11-14,25,38H,9-10,15-22,32H2,1-2H3,(H,33,40)(H,34,39)/t25-,31?/m1/s1. The zero-order valence-corrected chi connectivity index (χ0v) is 24.0. The molecule has 2 atom stereocenters. The van der Waals surface area contributed by atoms with E-state index in [1.54, 1.807) is 13.8 Å². The van der Waals surface area contributed by atoms with E-state index in [2.05, 4.69) is 20.8 Å². The van der Waals surface area contributed by atoms with Gasteiger partial charge in [-0.15, -0.1) is 10.2 Å². The van der Waals surface area contributed by atoms with Crippen molar-refractivity contribution < 1.29 is 19.4 Å². The summed E-state index contributed by atoms with van der Waals surface area (Å²) in [7, 11) is 0. The summed E-state index contributed by atoms with van der Waals surface area (Å²) in [5, 5.41) is 24.2. The molecule has 220 valence electrons. The van der Waals surface area contributed by atoms with E-state index in [-0.39, 0.29) is 25.0 Å². The van der Waals surface area contributed by atoms with Crippen molar-refractivity contribution in [3.63, 3.8) is 0 Å². The van der Waals surface area contributed by atoms with Gasteiger partial charge in [0.25, 0.3) is 0 Å². The average Bonchev–Trinajstić information content (AvgIpc) is 3.38. The Morgan fingerprint density at radius 1 is 1.07 bits per heavy atom. The fourth-order valence-corrected chi connectivity index (χ4v) is 5.13.